The summed E-state index contributed by atoms with van der Waals surface area (Å²) < 4.78 is 6.65. The van der Waals surface area contributed by atoms with Gasteiger partial charge in [0.05, 0.1) is 10.4 Å². The number of halogens is 1. The summed E-state index contributed by atoms with van der Waals surface area (Å²) in [4.78, 5) is 25.5. The molecule has 3 rings (SSSR count). The SMILES string of the molecule is Cc1ccc(OC(C)C(=O)N2CCC3(CC2)CC3C(=O)O)c(Br)c1. The van der Waals surface area contributed by atoms with E-state index in [2.05, 4.69) is 15.9 Å². The molecular weight excluding hydrogens is 374 g/mol. The largest absolute Gasteiger partial charge is 0.481 e. The van der Waals surface area contributed by atoms with E-state index in [0.29, 0.717) is 18.8 Å². The van der Waals surface area contributed by atoms with Crippen LogP contribution in [0, 0.1) is 18.3 Å². The van der Waals surface area contributed by atoms with Crippen molar-refractivity contribution < 1.29 is 19.4 Å². The number of carbonyl (C=O) groups excluding carboxylic acids is 1. The molecule has 1 heterocycles. The third-order valence-corrected chi connectivity index (χ3v) is 5.92. The average molecular weight is 396 g/mol. The normalized spacial score (nSPS) is 23.0. The van der Waals surface area contributed by atoms with Crippen molar-refractivity contribution in [3.63, 3.8) is 0 Å². The minimum absolute atomic E-state index is 0.0372. The van der Waals surface area contributed by atoms with E-state index >= 15 is 0 Å². The minimum atomic E-state index is -0.698. The number of hydrogen-bond acceptors (Lipinski definition) is 3. The van der Waals surface area contributed by atoms with E-state index in [1.54, 1.807) is 11.8 Å². The highest BCUT2D eigenvalue weighted by atomic mass is 79.9. The zero-order valence-electron chi connectivity index (χ0n) is 13.9. The van der Waals surface area contributed by atoms with Gasteiger partial charge in [0.15, 0.2) is 6.10 Å². The number of benzene rings is 1. The fourth-order valence-electron chi connectivity index (χ4n) is 3.62. The molecule has 1 aliphatic carbocycles. The van der Waals surface area contributed by atoms with Crippen LogP contribution in [0.25, 0.3) is 0 Å². The van der Waals surface area contributed by atoms with Gasteiger partial charge < -0.3 is 14.7 Å². The molecule has 1 amide bonds. The van der Waals surface area contributed by atoms with E-state index < -0.39 is 12.1 Å². The molecule has 1 saturated heterocycles. The first-order valence-corrected chi connectivity index (χ1v) is 9.06. The van der Waals surface area contributed by atoms with E-state index in [9.17, 15) is 9.59 Å². The second-order valence-electron chi connectivity index (χ2n) is 6.98. The molecule has 2 unspecified atom stereocenters. The van der Waals surface area contributed by atoms with Crippen molar-refractivity contribution in [1.29, 1.82) is 0 Å². The highest BCUT2D eigenvalue weighted by molar-refractivity contribution is 9.10. The van der Waals surface area contributed by atoms with Crippen molar-refractivity contribution in [3.05, 3.63) is 28.2 Å². The summed E-state index contributed by atoms with van der Waals surface area (Å²) in [5.41, 5.74) is 1.05. The molecule has 2 atom stereocenters. The quantitative estimate of drug-likeness (QED) is 0.849. The van der Waals surface area contributed by atoms with Gasteiger partial charge >= 0.3 is 5.97 Å². The fourth-order valence-corrected chi connectivity index (χ4v) is 4.21. The van der Waals surface area contributed by atoms with Crippen LogP contribution in [0.5, 0.6) is 5.75 Å². The number of carboxylic acid groups (broad SMARTS) is 1. The number of aryl methyl sites for hydroxylation is 1. The van der Waals surface area contributed by atoms with Crippen molar-refractivity contribution in [3.8, 4) is 5.75 Å². The van der Waals surface area contributed by atoms with Gasteiger partial charge in [-0.2, -0.15) is 0 Å². The molecule has 0 radical (unpaired) electrons. The standard InChI is InChI=1S/C18H22BrNO4/c1-11-3-4-15(14(19)9-11)24-12(2)16(21)20-7-5-18(6-8-20)10-13(18)17(22)23/h3-4,9,12-13H,5-8,10H2,1-2H3,(H,22,23). The summed E-state index contributed by atoms with van der Waals surface area (Å²) in [6, 6.07) is 5.76. The smallest absolute Gasteiger partial charge is 0.307 e. The van der Waals surface area contributed by atoms with Crippen LogP contribution in [0.4, 0.5) is 0 Å². The van der Waals surface area contributed by atoms with Crippen molar-refractivity contribution in [2.24, 2.45) is 11.3 Å². The molecule has 1 spiro atoms. The van der Waals surface area contributed by atoms with E-state index in [1.165, 1.54) is 0 Å². The Bertz CT molecular complexity index is 667. The van der Waals surface area contributed by atoms with E-state index in [1.807, 2.05) is 25.1 Å². The van der Waals surface area contributed by atoms with Gasteiger partial charge in [-0.15, -0.1) is 0 Å². The third kappa shape index (κ3) is 3.29. The Balaban J connectivity index is 1.56. The Hall–Kier alpha value is -1.56. The maximum atomic E-state index is 12.6. The Kier molecular flexibility index (Phi) is 4.60. The van der Waals surface area contributed by atoms with Gasteiger partial charge in [-0.3, -0.25) is 9.59 Å². The molecular formula is C18H22BrNO4. The van der Waals surface area contributed by atoms with E-state index in [0.717, 1.165) is 29.3 Å². The van der Waals surface area contributed by atoms with Gasteiger partial charge in [0.2, 0.25) is 0 Å². The molecule has 1 aromatic carbocycles. The number of ether oxygens (including phenoxy) is 1. The summed E-state index contributed by atoms with van der Waals surface area (Å²) in [5.74, 6) is -0.296. The Labute approximate surface area is 150 Å². The number of hydrogen-bond donors (Lipinski definition) is 1. The summed E-state index contributed by atoms with van der Waals surface area (Å²) in [5, 5.41) is 9.14. The first-order valence-electron chi connectivity index (χ1n) is 8.27. The highest BCUT2D eigenvalue weighted by Crippen LogP contribution is 2.59. The molecule has 24 heavy (non-hydrogen) atoms. The molecule has 5 nitrogen and oxygen atoms in total. The summed E-state index contributed by atoms with van der Waals surface area (Å²) >= 11 is 3.46. The molecule has 0 bridgehead atoms. The van der Waals surface area contributed by atoms with Gasteiger partial charge in [-0.05, 0) is 72.2 Å². The summed E-state index contributed by atoms with van der Waals surface area (Å²) in [6.07, 6.45) is 1.74. The Morgan fingerprint density at radius 2 is 2.04 bits per heavy atom. The number of rotatable bonds is 4. The van der Waals surface area contributed by atoms with Gasteiger partial charge in [0.25, 0.3) is 5.91 Å². The van der Waals surface area contributed by atoms with Crippen LogP contribution in [-0.4, -0.2) is 41.1 Å². The monoisotopic (exact) mass is 395 g/mol. The van der Waals surface area contributed by atoms with Crippen LogP contribution in [0.2, 0.25) is 0 Å². The van der Waals surface area contributed by atoms with Crippen LogP contribution >= 0.6 is 15.9 Å². The molecule has 1 aromatic rings. The van der Waals surface area contributed by atoms with Gasteiger partial charge in [-0.25, -0.2) is 0 Å². The highest BCUT2D eigenvalue weighted by Gasteiger charge is 2.59. The molecule has 0 aromatic heterocycles. The van der Waals surface area contributed by atoms with E-state index in [4.69, 9.17) is 9.84 Å². The van der Waals surface area contributed by atoms with Crippen LogP contribution < -0.4 is 4.74 Å². The van der Waals surface area contributed by atoms with Crippen molar-refractivity contribution in [2.75, 3.05) is 13.1 Å². The average Bonchev–Trinajstić information content (AvgIpc) is 3.24. The third-order valence-electron chi connectivity index (χ3n) is 5.30. The van der Waals surface area contributed by atoms with Crippen molar-refractivity contribution >= 4 is 27.8 Å². The summed E-state index contributed by atoms with van der Waals surface area (Å²) in [7, 11) is 0. The lowest BCUT2D eigenvalue weighted by atomic mass is 9.90. The zero-order valence-corrected chi connectivity index (χ0v) is 15.5. The van der Waals surface area contributed by atoms with Crippen LogP contribution in [0.1, 0.15) is 31.7 Å². The molecule has 2 aliphatic rings. The first-order chi connectivity index (χ1) is 11.3. The lowest BCUT2D eigenvalue weighted by molar-refractivity contribution is -0.141. The molecule has 1 saturated carbocycles. The number of amides is 1. The number of piperidine rings is 1. The number of nitrogens with zero attached hydrogens (tertiary/aromatic N) is 1. The van der Waals surface area contributed by atoms with Crippen molar-refractivity contribution in [2.45, 2.75) is 39.2 Å². The van der Waals surface area contributed by atoms with Gasteiger partial charge in [0.1, 0.15) is 5.75 Å². The zero-order chi connectivity index (χ0) is 17.5. The van der Waals surface area contributed by atoms with E-state index in [-0.39, 0.29) is 17.2 Å². The lowest BCUT2D eigenvalue weighted by Crippen LogP contribution is -2.45. The molecule has 2 fully saturated rings. The summed E-state index contributed by atoms with van der Waals surface area (Å²) in [6.45, 7) is 4.99. The number of likely N-dealkylation sites (tertiary alicyclic amines) is 1. The molecule has 6 heteroatoms. The molecule has 1 N–H and O–H groups in total. The topological polar surface area (TPSA) is 66.8 Å². The lowest BCUT2D eigenvalue weighted by Gasteiger charge is -2.34. The van der Waals surface area contributed by atoms with Crippen LogP contribution in [-0.2, 0) is 9.59 Å². The van der Waals surface area contributed by atoms with Crippen molar-refractivity contribution in [1.82, 2.24) is 4.90 Å². The second kappa shape index (κ2) is 6.39. The maximum absolute atomic E-state index is 12.6. The maximum Gasteiger partial charge on any atom is 0.307 e. The second-order valence-corrected chi connectivity index (χ2v) is 7.83. The number of aliphatic carboxylic acids is 1. The number of carboxylic acids is 1. The van der Waals surface area contributed by atoms with Gasteiger partial charge in [-0.1, -0.05) is 6.07 Å². The Morgan fingerprint density at radius 1 is 1.38 bits per heavy atom. The van der Waals surface area contributed by atoms with Crippen LogP contribution in [0.15, 0.2) is 22.7 Å². The predicted octanol–water partition coefficient (Wildman–Crippen LogP) is 3.24. The fraction of sp³-hybridized carbons (Fsp3) is 0.556. The minimum Gasteiger partial charge on any atom is -0.481 e. The van der Waals surface area contributed by atoms with Crippen LogP contribution in [0.3, 0.4) is 0 Å². The molecule has 1 aliphatic heterocycles. The number of carbonyl (C=O) groups is 2. The predicted molar refractivity (Wildman–Crippen MR) is 93.0 cm³/mol. The first kappa shape index (κ1) is 17.3. The Morgan fingerprint density at radius 3 is 2.58 bits per heavy atom. The molecule has 130 valence electrons. The van der Waals surface area contributed by atoms with Gasteiger partial charge in [0, 0.05) is 13.1 Å².